The molecule has 1 saturated heterocycles. The maximum Gasteiger partial charge on any atom is 0.261 e. The van der Waals surface area contributed by atoms with Crippen LogP contribution in [0.25, 0.3) is 10.9 Å². The quantitative estimate of drug-likeness (QED) is 0.566. The van der Waals surface area contributed by atoms with Crippen molar-refractivity contribution in [3.63, 3.8) is 0 Å². The lowest BCUT2D eigenvalue weighted by Gasteiger charge is -2.32. The van der Waals surface area contributed by atoms with Gasteiger partial charge in [-0.25, -0.2) is 0 Å². The second-order valence-corrected chi connectivity index (χ2v) is 9.06. The molecule has 2 aliphatic rings. The second kappa shape index (κ2) is 7.96. The number of hydrogen-bond acceptors (Lipinski definition) is 3. The van der Waals surface area contributed by atoms with E-state index in [2.05, 4.69) is 45.3 Å². The van der Waals surface area contributed by atoms with Crippen LogP contribution in [0.1, 0.15) is 51.5 Å². The minimum Gasteiger partial charge on any atom is -0.361 e. The molecule has 158 valence electrons. The summed E-state index contributed by atoms with van der Waals surface area (Å²) in [5.41, 5.74) is 3.26. The Bertz CT molecular complexity index is 1190. The Morgan fingerprint density at radius 3 is 2.58 bits per heavy atom. The molecule has 1 aromatic heterocycles. The van der Waals surface area contributed by atoms with Crippen molar-refractivity contribution >= 4 is 44.6 Å². The van der Waals surface area contributed by atoms with Crippen LogP contribution in [0.5, 0.6) is 0 Å². The van der Waals surface area contributed by atoms with Gasteiger partial charge in [-0.1, -0.05) is 34.1 Å². The summed E-state index contributed by atoms with van der Waals surface area (Å²) in [5, 5.41) is 1.25. The molecule has 2 aliphatic heterocycles. The van der Waals surface area contributed by atoms with Crippen molar-refractivity contribution < 1.29 is 14.4 Å². The zero-order valence-corrected chi connectivity index (χ0v) is 18.5. The predicted molar refractivity (Wildman–Crippen MR) is 121 cm³/mol. The molecule has 3 aromatic rings. The molecular formula is C24H22BrN3O3. The molecule has 1 fully saturated rings. The van der Waals surface area contributed by atoms with Gasteiger partial charge in [0.05, 0.1) is 11.1 Å². The van der Waals surface area contributed by atoms with Crippen molar-refractivity contribution in [1.29, 1.82) is 0 Å². The van der Waals surface area contributed by atoms with Crippen LogP contribution in [0.4, 0.5) is 0 Å². The highest BCUT2D eigenvalue weighted by atomic mass is 79.9. The van der Waals surface area contributed by atoms with E-state index < -0.39 is 0 Å². The Morgan fingerprint density at radius 2 is 1.77 bits per heavy atom. The Hall–Kier alpha value is -2.93. The van der Waals surface area contributed by atoms with Crippen LogP contribution >= 0.6 is 15.9 Å². The molecule has 3 heterocycles. The molecule has 5 rings (SSSR count). The molecule has 0 radical (unpaired) electrons. The fourth-order valence-corrected chi connectivity index (χ4v) is 5.06. The number of benzene rings is 2. The Labute approximate surface area is 188 Å². The van der Waals surface area contributed by atoms with Gasteiger partial charge in [-0.2, -0.15) is 0 Å². The SMILES string of the molecule is O=C(CCN1C(=O)c2ccc(Br)cc2C1=O)N1CCC(c2c[nH]c3ccccc23)CC1. The summed E-state index contributed by atoms with van der Waals surface area (Å²) >= 11 is 3.33. The lowest BCUT2D eigenvalue weighted by atomic mass is 9.89. The van der Waals surface area contributed by atoms with Gasteiger partial charge in [-0.15, -0.1) is 0 Å². The molecule has 0 unspecified atom stereocenters. The number of carbonyl (C=O) groups excluding carboxylic acids is 3. The molecule has 7 heteroatoms. The van der Waals surface area contributed by atoms with Crippen molar-refractivity contribution in [1.82, 2.24) is 14.8 Å². The highest BCUT2D eigenvalue weighted by molar-refractivity contribution is 9.10. The predicted octanol–water partition coefficient (Wildman–Crippen LogP) is 4.32. The zero-order chi connectivity index (χ0) is 21.5. The Balaban J connectivity index is 1.18. The summed E-state index contributed by atoms with van der Waals surface area (Å²) in [6.45, 7) is 1.50. The van der Waals surface area contributed by atoms with E-state index in [1.165, 1.54) is 15.8 Å². The number of imide groups is 1. The molecular weight excluding hydrogens is 458 g/mol. The molecule has 0 aliphatic carbocycles. The summed E-state index contributed by atoms with van der Waals surface area (Å²) in [6.07, 6.45) is 4.07. The van der Waals surface area contributed by atoms with E-state index in [1.807, 2.05) is 11.0 Å². The van der Waals surface area contributed by atoms with Crippen LogP contribution < -0.4 is 0 Å². The summed E-state index contributed by atoms with van der Waals surface area (Å²) in [5.74, 6) is -0.226. The van der Waals surface area contributed by atoms with Crippen molar-refractivity contribution in [2.24, 2.45) is 0 Å². The van der Waals surface area contributed by atoms with Crippen LogP contribution in [0.15, 0.2) is 53.1 Å². The van der Waals surface area contributed by atoms with Gasteiger partial charge in [0.25, 0.3) is 11.8 Å². The first-order valence-corrected chi connectivity index (χ1v) is 11.3. The van der Waals surface area contributed by atoms with Crippen LogP contribution in [0.3, 0.4) is 0 Å². The highest BCUT2D eigenvalue weighted by Crippen LogP contribution is 2.33. The maximum absolute atomic E-state index is 12.8. The van der Waals surface area contributed by atoms with Crippen LogP contribution in [-0.2, 0) is 4.79 Å². The van der Waals surface area contributed by atoms with Gasteiger partial charge in [0.15, 0.2) is 0 Å². The van der Waals surface area contributed by atoms with Crippen molar-refractivity contribution in [2.45, 2.75) is 25.2 Å². The fraction of sp³-hybridized carbons (Fsp3) is 0.292. The molecule has 31 heavy (non-hydrogen) atoms. The molecule has 0 bridgehead atoms. The number of hydrogen-bond donors (Lipinski definition) is 1. The number of aromatic nitrogens is 1. The number of nitrogens with zero attached hydrogens (tertiary/aromatic N) is 2. The van der Waals surface area contributed by atoms with Gasteiger partial charge >= 0.3 is 0 Å². The van der Waals surface area contributed by atoms with Crippen LogP contribution in [0, 0.1) is 0 Å². The first-order valence-electron chi connectivity index (χ1n) is 10.5. The molecule has 0 saturated carbocycles. The van der Waals surface area contributed by atoms with Crippen molar-refractivity contribution in [3.8, 4) is 0 Å². The number of amides is 3. The Kier molecular flexibility index (Phi) is 5.14. The van der Waals surface area contributed by atoms with E-state index in [9.17, 15) is 14.4 Å². The minimum absolute atomic E-state index is 0.00452. The van der Waals surface area contributed by atoms with Gasteiger partial charge in [0.1, 0.15) is 0 Å². The number of nitrogens with one attached hydrogen (secondary N) is 1. The minimum atomic E-state index is -0.327. The number of aromatic amines is 1. The molecule has 1 N–H and O–H groups in total. The van der Waals surface area contributed by atoms with E-state index >= 15 is 0 Å². The van der Waals surface area contributed by atoms with Gasteiger partial charge in [-0.05, 0) is 48.6 Å². The average Bonchev–Trinajstić information content (AvgIpc) is 3.32. The van der Waals surface area contributed by atoms with E-state index in [0.717, 1.165) is 22.8 Å². The average molecular weight is 480 g/mol. The number of likely N-dealkylation sites (tertiary alicyclic amines) is 1. The number of piperidine rings is 1. The lowest BCUT2D eigenvalue weighted by molar-refractivity contribution is -0.132. The summed E-state index contributed by atoms with van der Waals surface area (Å²) < 4.78 is 0.753. The van der Waals surface area contributed by atoms with E-state index in [0.29, 0.717) is 30.1 Å². The molecule has 0 atom stereocenters. The van der Waals surface area contributed by atoms with Crippen molar-refractivity contribution in [2.75, 3.05) is 19.6 Å². The number of halogens is 1. The number of fused-ring (bicyclic) bond motifs is 2. The van der Waals surface area contributed by atoms with Gasteiger partial charge in [0.2, 0.25) is 5.91 Å². The van der Waals surface area contributed by atoms with Gasteiger partial charge < -0.3 is 9.88 Å². The number of rotatable bonds is 4. The third-order valence-corrected chi connectivity index (χ3v) is 6.88. The molecule has 3 amide bonds. The van der Waals surface area contributed by atoms with Crippen LogP contribution in [-0.4, -0.2) is 52.1 Å². The maximum atomic E-state index is 12.8. The number of H-pyrrole nitrogens is 1. The topological polar surface area (TPSA) is 73.5 Å². The standard InChI is InChI=1S/C24H22BrN3O3/c25-16-5-6-18-19(13-16)24(31)28(23(18)30)12-9-22(29)27-10-7-15(8-11-27)20-14-26-21-4-2-1-3-17(20)21/h1-6,13-15,26H,7-12H2. The van der Waals surface area contributed by atoms with Gasteiger partial charge in [-0.3, -0.25) is 19.3 Å². The Morgan fingerprint density at radius 1 is 1.03 bits per heavy atom. The third-order valence-electron chi connectivity index (χ3n) is 6.39. The number of carbonyl (C=O) groups is 3. The van der Waals surface area contributed by atoms with Gasteiger partial charge in [0, 0.05) is 47.6 Å². The van der Waals surface area contributed by atoms with E-state index in [1.54, 1.807) is 18.2 Å². The molecule has 6 nitrogen and oxygen atoms in total. The normalized spacial score (nSPS) is 16.9. The molecule has 0 spiro atoms. The van der Waals surface area contributed by atoms with Crippen molar-refractivity contribution in [3.05, 3.63) is 69.8 Å². The summed E-state index contributed by atoms with van der Waals surface area (Å²) in [4.78, 5) is 44.3. The highest BCUT2D eigenvalue weighted by Gasteiger charge is 2.36. The second-order valence-electron chi connectivity index (χ2n) is 8.15. The summed E-state index contributed by atoms with van der Waals surface area (Å²) in [6, 6.07) is 13.3. The fourth-order valence-electron chi connectivity index (χ4n) is 4.70. The first kappa shape index (κ1) is 20.0. The zero-order valence-electron chi connectivity index (χ0n) is 16.9. The first-order chi connectivity index (χ1) is 15.0. The lowest BCUT2D eigenvalue weighted by Crippen LogP contribution is -2.40. The summed E-state index contributed by atoms with van der Waals surface area (Å²) in [7, 11) is 0. The van der Waals surface area contributed by atoms with E-state index in [4.69, 9.17) is 0 Å². The number of para-hydroxylation sites is 1. The monoisotopic (exact) mass is 479 g/mol. The van der Waals surface area contributed by atoms with E-state index in [-0.39, 0.29) is 30.7 Å². The largest absolute Gasteiger partial charge is 0.361 e. The van der Waals surface area contributed by atoms with Crippen LogP contribution in [0.2, 0.25) is 0 Å². The smallest absolute Gasteiger partial charge is 0.261 e. The third kappa shape index (κ3) is 3.57. The molecule has 2 aromatic carbocycles.